The number of hydrogen-bond donors (Lipinski definition) is 2. The lowest BCUT2D eigenvalue weighted by Gasteiger charge is -2.11. The topological polar surface area (TPSA) is 123 Å². The first-order chi connectivity index (χ1) is 20.2. The number of rotatable bonds is 9. The minimum absolute atomic E-state index is 0.0126. The highest BCUT2D eigenvalue weighted by Crippen LogP contribution is 2.26. The third kappa shape index (κ3) is 8.40. The Kier molecular flexibility index (Phi) is 10.3. The number of ether oxygens (including phenoxy) is 2. The highest BCUT2D eigenvalue weighted by atomic mass is 35.5. The summed E-state index contributed by atoms with van der Waals surface area (Å²) >= 11 is 17.8. The van der Waals surface area contributed by atoms with Gasteiger partial charge in [-0.15, -0.1) is 0 Å². The SMILES string of the molecule is O=C(CNC(=O)c1ccccc1Cl)NN=Cc1ccc(OC(=O)c2ccc(Cl)cc2)cc1OC(=O)c1ccc(Cl)cc1. The Bertz CT molecular complexity index is 1660. The second kappa shape index (κ2) is 14.3. The zero-order valence-corrected chi connectivity index (χ0v) is 23.7. The van der Waals surface area contributed by atoms with Gasteiger partial charge in [-0.25, -0.2) is 15.0 Å². The first-order valence-electron chi connectivity index (χ1n) is 12.1. The van der Waals surface area contributed by atoms with Gasteiger partial charge in [0, 0.05) is 21.7 Å². The van der Waals surface area contributed by atoms with E-state index in [1.54, 1.807) is 30.3 Å². The first-order valence-corrected chi connectivity index (χ1v) is 13.3. The molecule has 0 bridgehead atoms. The summed E-state index contributed by atoms with van der Waals surface area (Å²) in [4.78, 5) is 49.8. The molecule has 0 unspecified atom stereocenters. The molecule has 0 radical (unpaired) electrons. The fourth-order valence-corrected chi connectivity index (χ4v) is 3.86. The number of nitrogens with one attached hydrogen (secondary N) is 2. The van der Waals surface area contributed by atoms with Crippen LogP contribution in [0, 0.1) is 0 Å². The number of esters is 2. The van der Waals surface area contributed by atoms with Crippen molar-refractivity contribution in [2.75, 3.05) is 6.54 Å². The molecule has 4 aromatic carbocycles. The van der Waals surface area contributed by atoms with Crippen LogP contribution < -0.4 is 20.2 Å². The Morgan fingerprint density at radius 3 is 1.95 bits per heavy atom. The molecule has 12 heteroatoms. The van der Waals surface area contributed by atoms with Crippen LogP contribution in [-0.2, 0) is 4.79 Å². The maximum atomic E-state index is 12.8. The summed E-state index contributed by atoms with van der Waals surface area (Å²) in [6.45, 7) is -0.376. The highest BCUT2D eigenvalue weighted by Gasteiger charge is 2.16. The average molecular weight is 625 g/mol. The zero-order chi connectivity index (χ0) is 30.1. The molecule has 0 fully saturated rings. The van der Waals surface area contributed by atoms with Gasteiger partial charge in [-0.1, -0.05) is 46.9 Å². The number of hydrogen-bond acceptors (Lipinski definition) is 7. The molecular formula is C30H20Cl3N3O6. The van der Waals surface area contributed by atoms with Gasteiger partial charge < -0.3 is 14.8 Å². The number of carbonyl (C=O) groups excluding carboxylic acids is 4. The summed E-state index contributed by atoms with van der Waals surface area (Å²) in [5.41, 5.74) is 3.24. The Hall–Kier alpha value is -4.70. The second-order valence-corrected chi connectivity index (χ2v) is 9.73. The third-order valence-corrected chi connectivity index (χ3v) is 6.31. The summed E-state index contributed by atoms with van der Waals surface area (Å²) in [7, 11) is 0. The molecule has 42 heavy (non-hydrogen) atoms. The molecule has 0 heterocycles. The molecule has 0 aliphatic carbocycles. The summed E-state index contributed by atoms with van der Waals surface area (Å²) in [6.07, 6.45) is 1.23. The molecule has 0 atom stereocenters. The summed E-state index contributed by atoms with van der Waals surface area (Å²) in [5, 5.41) is 7.47. The first kappa shape index (κ1) is 30.3. The Morgan fingerprint density at radius 2 is 1.33 bits per heavy atom. The van der Waals surface area contributed by atoms with E-state index in [0.29, 0.717) is 10.0 Å². The number of hydrazone groups is 1. The van der Waals surface area contributed by atoms with Crippen LogP contribution in [0.4, 0.5) is 0 Å². The van der Waals surface area contributed by atoms with Crippen LogP contribution in [0.15, 0.2) is 96.1 Å². The van der Waals surface area contributed by atoms with Crippen LogP contribution in [-0.4, -0.2) is 36.5 Å². The van der Waals surface area contributed by atoms with Crippen molar-refractivity contribution < 1.29 is 28.7 Å². The number of carbonyl (C=O) groups is 4. The molecule has 0 aromatic heterocycles. The number of amides is 2. The number of benzene rings is 4. The normalized spacial score (nSPS) is 10.6. The summed E-state index contributed by atoms with van der Waals surface area (Å²) < 4.78 is 11.0. The highest BCUT2D eigenvalue weighted by molar-refractivity contribution is 6.33. The lowest BCUT2D eigenvalue weighted by molar-refractivity contribution is -0.120. The monoisotopic (exact) mass is 623 g/mol. The van der Waals surface area contributed by atoms with Crippen molar-refractivity contribution in [2.24, 2.45) is 5.10 Å². The van der Waals surface area contributed by atoms with Crippen LogP contribution in [0.5, 0.6) is 11.5 Å². The lowest BCUT2D eigenvalue weighted by atomic mass is 10.2. The maximum absolute atomic E-state index is 12.8. The van der Waals surface area contributed by atoms with Gasteiger partial charge in [0.15, 0.2) is 0 Å². The van der Waals surface area contributed by atoms with Crippen molar-refractivity contribution in [1.82, 2.24) is 10.7 Å². The van der Waals surface area contributed by atoms with E-state index in [1.165, 1.54) is 66.9 Å². The predicted molar refractivity (Wildman–Crippen MR) is 159 cm³/mol. The van der Waals surface area contributed by atoms with Gasteiger partial charge in [0.1, 0.15) is 11.5 Å². The van der Waals surface area contributed by atoms with E-state index in [9.17, 15) is 19.2 Å². The van der Waals surface area contributed by atoms with Crippen LogP contribution in [0.3, 0.4) is 0 Å². The van der Waals surface area contributed by atoms with Crippen LogP contribution >= 0.6 is 34.8 Å². The summed E-state index contributed by atoms with van der Waals surface area (Å²) in [6, 6.07) is 22.8. The van der Waals surface area contributed by atoms with Gasteiger partial charge in [0.2, 0.25) is 0 Å². The molecule has 0 aliphatic heterocycles. The van der Waals surface area contributed by atoms with Gasteiger partial charge in [0.25, 0.3) is 11.8 Å². The fraction of sp³-hybridized carbons (Fsp3) is 0.0333. The molecule has 0 saturated carbocycles. The van der Waals surface area contributed by atoms with E-state index in [0.717, 1.165) is 0 Å². The predicted octanol–water partition coefficient (Wildman–Crippen LogP) is 5.97. The molecule has 9 nitrogen and oxygen atoms in total. The molecule has 4 rings (SSSR count). The van der Waals surface area contributed by atoms with Crippen LogP contribution in [0.2, 0.25) is 15.1 Å². The quantitative estimate of drug-likeness (QED) is 0.102. The van der Waals surface area contributed by atoms with E-state index in [-0.39, 0.29) is 45.3 Å². The molecule has 212 valence electrons. The summed E-state index contributed by atoms with van der Waals surface area (Å²) in [5.74, 6) is -2.46. The Balaban J connectivity index is 1.47. The van der Waals surface area contributed by atoms with Gasteiger partial charge in [-0.3, -0.25) is 9.59 Å². The van der Waals surface area contributed by atoms with E-state index in [1.807, 2.05) is 0 Å². The van der Waals surface area contributed by atoms with E-state index in [2.05, 4.69) is 15.8 Å². The minimum Gasteiger partial charge on any atom is -0.423 e. The minimum atomic E-state index is -0.714. The largest absolute Gasteiger partial charge is 0.423 e. The van der Waals surface area contributed by atoms with Crippen molar-refractivity contribution in [2.45, 2.75) is 0 Å². The fourth-order valence-electron chi connectivity index (χ4n) is 3.38. The molecule has 0 saturated heterocycles. The van der Waals surface area contributed by atoms with Crippen molar-refractivity contribution in [1.29, 1.82) is 0 Å². The molecular weight excluding hydrogens is 605 g/mol. The van der Waals surface area contributed by atoms with Crippen molar-refractivity contribution in [3.8, 4) is 11.5 Å². The second-order valence-electron chi connectivity index (χ2n) is 8.45. The van der Waals surface area contributed by atoms with Gasteiger partial charge >= 0.3 is 11.9 Å². The number of nitrogens with zero attached hydrogens (tertiary/aromatic N) is 1. The van der Waals surface area contributed by atoms with Gasteiger partial charge in [0.05, 0.1) is 34.5 Å². The molecule has 4 aromatic rings. The number of halogens is 3. The zero-order valence-electron chi connectivity index (χ0n) is 21.5. The molecule has 0 spiro atoms. The maximum Gasteiger partial charge on any atom is 0.343 e. The molecule has 2 amide bonds. The van der Waals surface area contributed by atoms with Crippen molar-refractivity contribution in [3.63, 3.8) is 0 Å². The average Bonchev–Trinajstić information content (AvgIpc) is 2.98. The Labute approximate surface area is 255 Å². The smallest absolute Gasteiger partial charge is 0.343 e. The van der Waals surface area contributed by atoms with Crippen LogP contribution in [0.25, 0.3) is 0 Å². The van der Waals surface area contributed by atoms with Crippen LogP contribution in [0.1, 0.15) is 36.6 Å². The van der Waals surface area contributed by atoms with E-state index >= 15 is 0 Å². The van der Waals surface area contributed by atoms with Crippen molar-refractivity contribution >= 4 is 64.8 Å². The molecule has 0 aliphatic rings. The van der Waals surface area contributed by atoms with E-state index in [4.69, 9.17) is 44.3 Å². The van der Waals surface area contributed by atoms with Gasteiger partial charge in [-0.05, 0) is 72.8 Å². The van der Waals surface area contributed by atoms with Gasteiger partial charge in [-0.2, -0.15) is 5.10 Å². The molecule has 2 N–H and O–H groups in total. The standard InChI is InChI=1S/C30H20Cl3N3O6/c31-21-10-5-18(6-11-21)29(39)41-23-14-9-20(26(15-23)42-30(40)19-7-12-22(32)13-8-19)16-35-36-27(37)17-34-28(38)24-3-1-2-4-25(24)33/h1-16H,17H2,(H,34,38)(H,36,37). The third-order valence-electron chi connectivity index (χ3n) is 5.48. The Morgan fingerprint density at radius 1 is 0.738 bits per heavy atom. The van der Waals surface area contributed by atoms with Crippen molar-refractivity contribution in [3.05, 3.63) is 128 Å². The van der Waals surface area contributed by atoms with E-state index < -0.39 is 23.8 Å². The lowest BCUT2D eigenvalue weighted by Crippen LogP contribution is -2.35.